The van der Waals surface area contributed by atoms with Crippen LogP contribution in [0.15, 0.2) is 12.1 Å². The number of carboxylic acid groups (broad SMARTS) is 1. The predicted octanol–water partition coefficient (Wildman–Crippen LogP) is 2.15. The van der Waals surface area contributed by atoms with Gasteiger partial charge in [-0.25, -0.2) is 9.78 Å². The highest BCUT2D eigenvalue weighted by Gasteiger charge is 2.28. The van der Waals surface area contributed by atoms with E-state index in [0.717, 1.165) is 6.07 Å². The third-order valence-corrected chi connectivity index (χ3v) is 3.31. The standard InChI is InChI=1S/C12H15N3O4/c1-7(8-2-3-8)6-13-11-10(15(18)19)5-4-9(14-11)12(16)17/h4-5,7-8H,2-3,6H2,1H3,(H,13,14)(H,16,17). The first-order valence-corrected chi connectivity index (χ1v) is 6.11. The molecule has 7 heteroatoms. The van der Waals surface area contributed by atoms with Crippen molar-refractivity contribution in [2.45, 2.75) is 19.8 Å². The zero-order chi connectivity index (χ0) is 14.0. The number of nitro groups is 1. The number of anilines is 1. The van der Waals surface area contributed by atoms with Crippen LogP contribution in [0.3, 0.4) is 0 Å². The third-order valence-electron chi connectivity index (χ3n) is 3.31. The Labute approximate surface area is 109 Å². The summed E-state index contributed by atoms with van der Waals surface area (Å²) >= 11 is 0. The Bertz CT molecular complexity index is 514. The van der Waals surface area contributed by atoms with Crippen molar-refractivity contribution in [3.8, 4) is 0 Å². The van der Waals surface area contributed by atoms with Crippen molar-refractivity contribution >= 4 is 17.5 Å². The van der Waals surface area contributed by atoms with E-state index in [0.29, 0.717) is 18.4 Å². The van der Waals surface area contributed by atoms with Gasteiger partial charge in [0.2, 0.25) is 5.82 Å². The number of nitrogens with one attached hydrogen (secondary N) is 1. The van der Waals surface area contributed by atoms with Crippen LogP contribution < -0.4 is 5.32 Å². The Hall–Kier alpha value is -2.18. The Balaban J connectivity index is 2.16. The lowest BCUT2D eigenvalue weighted by Crippen LogP contribution is -2.16. The van der Waals surface area contributed by atoms with Gasteiger partial charge in [-0.3, -0.25) is 10.1 Å². The number of pyridine rings is 1. The maximum atomic E-state index is 10.9. The number of hydrogen-bond acceptors (Lipinski definition) is 5. The minimum atomic E-state index is -1.20. The molecular formula is C12H15N3O4. The van der Waals surface area contributed by atoms with Crippen LogP contribution in [0.2, 0.25) is 0 Å². The largest absolute Gasteiger partial charge is 0.477 e. The van der Waals surface area contributed by atoms with Crippen LogP contribution in [0.4, 0.5) is 11.5 Å². The molecule has 1 aromatic rings. The molecule has 1 aliphatic rings. The number of carboxylic acids is 1. The minimum absolute atomic E-state index is 0.0254. The molecule has 1 aromatic heterocycles. The van der Waals surface area contributed by atoms with Gasteiger partial charge in [0.15, 0.2) is 5.69 Å². The van der Waals surface area contributed by atoms with Gasteiger partial charge in [0.1, 0.15) is 0 Å². The average Bonchev–Trinajstić information content (AvgIpc) is 3.19. The Morgan fingerprint density at radius 2 is 2.32 bits per heavy atom. The summed E-state index contributed by atoms with van der Waals surface area (Å²) in [7, 11) is 0. The Kier molecular flexibility index (Phi) is 3.64. The molecule has 1 fully saturated rings. The van der Waals surface area contributed by atoms with E-state index in [1.165, 1.54) is 18.9 Å². The molecule has 0 bridgehead atoms. The quantitative estimate of drug-likeness (QED) is 0.603. The summed E-state index contributed by atoms with van der Waals surface area (Å²) < 4.78 is 0. The van der Waals surface area contributed by atoms with Gasteiger partial charge in [0.05, 0.1) is 4.92 Å². The Morgan fingerprint density at radius 3 is 2.84 bits per heavy atom. The third kappa shape index (κ3) is 3.18. The first kappa shape index (κ1) is 13.3. The molecule has 1 heterocycles. The fraction of sp³-hybridized carbons (Fsp3) is 0.500. The van der Waals surface area contributed by atoms with Gasteiger partial charge < -0.3 is 10.4 Å². The smallest absolute Gasteiger partial charge is 0.354 e. The van der Waals surface area contributed by atoms with Crippen LogP contribution in [-0.4, -0.2) is 27.5 Å². The van der Waals surface area contributed by atoms with Crippen molar-refractivity contribution in [2.75, 3.05) is 11.9 Å². The van der Waals surface area contributed by atoms with Gasteiger partial charge in [-0.1, -0.05) is 6.92 Å². The lowest BCUT2D eigenvalue weighted by molar-refractivity contribution is -0.384. The van der Waals surface area contributed by atoms with Crippen molar-refractivity contribution in [1.82, 2.24) is 4.98 Å². The lowest BCUT2D eigenvalue weighted by atomic mass is 10.1. The average molecular weight is 265 g/mol. The molecule has 0 spiro atoms. The fourth-order valence-electron chi connectivity index (χ4n) is 1.94. The summed E-state index contributed by atoms with van der Waals surface area (Å²) in [6.07, 6.45) is 2.38. The van der Waals surface area contributed by atoms with Gasteiger partial charge in [0, 0.05) is 12.6 Å². The molecule has 19 heavy (non-hydrogen) atoms. The molecule has 2 rings (SSSR count). The first-order chi connectivity index (χ1) is 8.99. The lowest BCUT2D eigenvalue weighted by Gasteiger charge is -2.12. The number of hydrogen-bond donors (Lipinski definition) is 2. The topological polar surface area (TPSA) is 105 Å². The van der Waals surface area contributed by atoms with E-state index in [2.05, 4.69) is 17.2 Å². The van der Waals surface area contributed by atoms with Crippen molar-refractivity contribution < 1.29 is 14.8 Å². The van der Waals surface area contributed by atoms with E-state index in [9.17, 15) is 14.9 Å². The second-order valence-electron chi connectivity index (χ2n) is 4.82. The Morgan fingerprint density at radius 1 is 1.63 bits per heavy atom. The van der Waals surface area contributed by atoms with Crippen molar-refractivity contribution in [3.63, 3.8) is 0 Å². The van der Waals surface area contributed by atoms with Gasteiger partial charge in [0.25, 0.3) is 0 Å². The minimum Gasteiger partial charge on any atom is -0.477 e. The summed E-state index contributed by atoms with van der Waals surface area (Å²) in [5.74, 6) is -0.116. The van der Waals surface area contributed by atoms with Gasteiger partial charge in [-0.05, 0) is 30.7 Å². The molecule has 2 N–H and O–H groups in total. The van der Waals surface area contributed by atoms with Crippen LogP contribution in [0.5, 0.6) is 0 Å². The number of aromatic nitrogens is 1. The molecule has 102 valence electrons. The maximum absolute atomic E-state index is 10.9. The summed E-state index contributed by atoms with van der Waals surface area (Å²) in [5, 5.41) is 22.6. The van der Waals surface area contributed by atoms with E-state index < -0.39 is 10.9 Å². The van der Waals surface area contributed by atoms with Crippen LogP contribution in [0.1, 0.15) is 30.3 Å². The van der Waals surface area contributed by atoms with E-state index in [-0.39, 0.29) is 17.2 Å². The van der Waals surface area contributed by atoms with E-state index >= 15 is 0 Å². The molecule has 0 amide bonds. The second kappa shape index (κ2) is 5.21. The number of aromatic carboxylic acids is 1. The van der Waals surface area contributed by atoms with Crippen LogP contribution in [-0.2, 0) is 0 Å². The first-order valence-electron chi connectivity index (χ1n) is 6.11. The molecule has 0 radical (unpaired) electrons. The fourth-order valence-corrected chi connectivity index (χ4v) is 1.94. The van der Waals surface area contributed by atoms with Crippen LogP contribution in [0, 0.1) is 22.0 Å². The van der Waals surface area contributed by atoms with Gasteiger partial charge >= 0.3 is 11.7 Å². The number of rotatable bonds is 6. The predicted molar refractivity (Wildman–Crippen MR) is 68.2 cm³/mol. The SMILES string of the molecule is CC(CNc1nc(C(=O)O)ccc1[N+](=O)[O-])C1CC1. The van der Waals surface area contributed by atoms with Crippen molar-refractivity contribution in [3.05, 3.63) is 27.9 Å². The van der Waals surface area contributed by atoms with Gasteiger partial charge in [-0.2, -0.15) is 0 Å². The molecule has 0 saturated heterocycles. The molecule has 0 aromatic carbocycles. The van der Waals surface area contributed by atoms with E-state index in [1.807, 2.05) is 0 Å². The molecule has 7 nitrogen and oxygen atoms in total. The molecule has 0 aliphatic heterocycles. The van der Waals surface area contributed by atoms with Crippen LogP contribution in [0.25, 0.3) is 0 Å². The van der Waals surface area contributed by atoms with E-state index in [1.54, 1.807) is 0 Å². The summed E-state index contributed by atoms with van der Waals surface area (Å²) in [6.45, 7) is 2.62. The highest BCUT2D eigenvalue weighted by molar-refractivity contribution is 5.86. The second-order valence-corrected chi connectivity index (χ2v) is 4.82. The number of carbonyl (C=O) groups is 1. The zero-order valence-electron chi connectivity index (χ0n) is 10.5. The van der Waals surface area contributed by atoms with Crippen LogP contribution >= 0.6 is 0 Å². The van der Waals surface area contributed by atoms with E-state index in [4.69, 9.17) is 5.11 Å². The highest BCUT2D eigenvalue weighted by atomic mass is 16.6. The summed E-state index contributed by atoms with van der Waals surface area (Å²) in [4.78, 5) is 24.9. The summed E-state index contributed by atoms with van der Waals surface area (Å²) in [6, 6.07) is 2.30. The molecule has 1 saturated carbocycles. The maximum Gasteiger partial charge on any atom is 0.354 e. The monoisotopic (exact) mass is 265 g/mol. The molecular weight excluding hydrogens is 250 g/mol. The molecule has 1 unspecified atom stereocenters. The summed E-state index contributed by atoms with van der Waals surface area (Å²) in [5.41, 5.74) is -0.403. The number of nitrogens with zero attached hydrogens (tertiary/aromatic N) is 2. The normalized spacial score (nSPS) is 15.8. The highest BCUT2D eigenvalue weighted by Crippen LogP contribution is 2.36. The van der Waals surface area contributed by atoms with Crippen molar-refractivity contribution in [1.29, 1.82) is 0 Å². The van der Waals surface area contributed by atoms with Crippen molar-refractivity contribution in [2.24, 2.45) is 11.8 Å². The molecule has 1 aliphatic carbocycles. The zero-order valence-corrected chi connectivity index (χ0v) is 10.5. The molecule has 1 atom stereocenters. The van der Waals surface area contributed by atoms with Gasteiger partial charge in [-0.15, -0.1) is 0 Å².